The first-order valence-electron chi connectivity index (χ1n) is 3.25. The molecule has 2 aliphatic rings. The zero-order valence-corrected chi connectivity index (χ0v) is 5.80. The van der Waals surface area contributed by atoms with Crippen molar-refractivity contribution in [1.82, 2.24) is 0 Å². The highest BCUT2D eigenvalue weighted by molar-refractivity contribution is 6.27. The van der Waals surface area contributed by atoms with Gasteiger partial charge in [-0.15, -0.1) is 11.6 Å². The van der Waals surface area contributed by atoms with Crippen LogP contribution in [-0.2, 0) is 0 Å². The van der Waals surface area contributed by atoms with Crippen molar-refractivity contribution >= 4 is 11.6 Å². The molecule has 0 aromatic rings. The van der Waals surface area contributed by atoms with Gasteiger partial charge in [-0.2, -0.15) is 0 Å². The smallest absolute Gasteiger partial charge is 0.0779 e. The molecule has 0 aromatic carbocycles. The molecule has 1 N–H and O–H groups in total. The van der Waals surface area contributed by atoms with Crippen LogP contribution in [-0.4, -0.2) is 16.6 Å². The number of fused-ring (bicyclic) bond motifs is 1. The molecule has 3 atom stereocenters. The molecule has 2 aliphatic carbocycles. The summed E-state index contributed by atoms with van der Waals surface area (Å²) in [5.41, 5.74) is 0. The summed E-state index contributed by atoms with van der Waals surface area (Å²) in [6, 6.07) is 0. The molecule has 9 heavy (non-hydrogen) atoms. The normalized spacial score (nSPS) is 53.6. The zero-order valence-electron chi connectivity index (χ0n) is 5.05. The van der Waals surface area contributed by atoms with Gasteiger partial charge in [0.1, 0.15) is 0 Å². The van der Waals surface area contributed by atoms with Gasteiger partial charge in [-0.05, 0) is 12.3 Å². The van der Waals surface area contributed by atoms with Gasteiger partial charge in [0.05, 0.1) is 11.5 Å². The Morgan fingerprint density at radius 2 is 2.56 bits per heavy atom. The van der Waals surface area contributed by atoms with Gasteiger partial charge in [-0.1, -0.05) is 12.2 Å². The molecule has 1 fully saturated rings. The fourth-order valence-corrected chi connectivity index (χ4v) is 2.13. The van der Waals surface area contributed by atoms with Gasteiger partial charge in [0, 0.05) is 5.92 Å². The van der Waals surface area contributed by atoms with Crippen LogP contribution in [0, 0.1) is 11.8 Å². The summed E-state index contributed by atoms with van der Waals surface area (Å²) in [6.45, 7) is 0.133. The van der Waals surface area contributed by atoms with E-state index in [4.69, 9.17) is 16.7 Å². The second-order valence-corrected chi connectivity index (χ2v) is 3.58. The SMILES string of the molecule is OCC1(Cl)C2C=CCC21. The zero-order chi connectivity index (χ0) is 6.48. The van der Waals surface area contributed by atoms with E-state index in [0.717, 1.165) is 6.42 Å². The molecular weight excluding hydrogens is 136 g/mol. The minimum absolute atomic E-state index is 0.133. The number of halogens is 1. The van der Waals surface area contributed by atoms with Crippen LogP contribution >= 0.6 is 11.6 Å². The summed E-state index contributed by atoms with van der Waals surface area (Å²) in [5.74, 6) is 1.02. The molecule has 0 aliphatic heterocycles. The van der Waals surface area contributed by atoms with E-state index in [2.05, 4.69) is 12.2 Å². The molecule has 0 bridgehead atoms. The van der Waals surface area contributed by atoms with Crippen LogP contribution < -0.4 is 0 Å². The van der Waals surface area contributed by atoms with Crippen molar-refractivity contribution in [3.05, 3.63) is 12.2 Å². The largest absolute Gasteiger partial charge is 0.395 e. The maximum absolute atomic E-state index is 8.81. The van der Waals surface area contributed by atoms with E-state index in [-0.39, 0.29) is 11.5 Å². The first-order chi connectivity index (χ1) is 4.29. The summed E-state index contributed by atoms with van der Waals surface area (Å²) in [6.07, 6.45) is 5.33. The highest BCUT2D eigenvalue weighted by Gasteiger charge is 2.63. The molecule has 0 radical (unpaired) electrons. The first-order valence-corrected chi connectivity index (χ1v) is 3.63. The van der Waals surface area contributed by atoms with Crippen LogP contribution in [0.5, 0.6) is 0 Å². The molecule has 0 saturated heterocycles. The minimum atomic E-state index is -0.255. The third kappa shape index (κ3) is 0.542. The van der Waals surface area contributed by atoms with Gasteiger partial charge in [-0.3, -0.25) is 0 Å². The fourth-order valence-electron chi connectivity index (χ4n) is 1.75. The summed E-state index contributed by atoms with van der Waals surface area (Å²) in [5, 5.41) is 8.81. The maximum atomic E-state index is 8.81. The minimum Gasteiger partial charge on any atom is -0.395 e. The van der Waals surface area contributed by atoms with Crippen LogP contribution in [0.3, 0.4) is 0 Å². The Balaban J connectivity index is 2.15. The maximum Gasteiger partial charge on any atom is 0.0779 e. The van der Waals surface area contributed by atoms with Gasteiger partial charge >= 0.3 is 0 Å². The molecule has 50 valence electrons. The highest BCUT2D eigenvalue weighted by Crippen LogP contribution is 2.61. The lowest BCUT2D eigenvalue weighted by Crippen LogP contribution is -2.11. The molecular formula is C7H9ClO. The highest BCUT2D eigenvalue weighted by atomic mass is 35.5. The van der Waals surface area contributed by atoms with Crippen molar-refractivity contribution in [2.24, 2.45) is 11.8 Å². The molecule has 0 spiro atoms. The van der Waals surface area contributed by atoms with Gasteiger partial charge < -0.3 is 5.11 Å². The lowest BCUT2D eigenvalue weighted by Gasteiger charge is -2.03. The monoisotopic (exact) mass is 144 g/mol. The molecule has 3 unspecified atom stereocenters. The van der Waals surface area contributed by atoms with Gasteiger partial charge in [0.15, 0.2) is 0 Å². The van der Waals surface area contributed by atoms with E-state index in [9.17, 15) is 0 Å². The van der Waals surface area contributed by atoms with Crippen molar-refractivity contribution in [1.29, 1.82) is 0 Å². The molecule has 1 nitrogen and oxygen atoms in total. The van der Waals surface area contributed by atoms with Crippen molar-refractivity contribution in [2.45, 2.75) is 11.3 Å². The number of rotatable bonds is 1. The molecule has 0 amide bonds. The lowest BCUT2D eigenvalue weighted by molar-refractivity contribution is 0.276. The van der Waals surface area contributed by atoms with Crippen molar-refractivity contribution in [3.8, 4) is 0 Å². The standard InChI is InChI=1S/C7H9ClO/c8-7(4-9)5-2-1-3-6(5)7/h1-2,5-6,9H,3-4H2. The summed E-state index contributed by atoms with van der Waals surface area (Å²) < 4.78 is 0. The molecule has 2 heteroatoms. The van der Waals surface area contributed by atoms with Gasteiger partial charge in [0.2, 0.25) is 0 Å². The predicted octanol–water partition coefficient (Wildman–Crippen LogP) is 1.16. The number of alkyl halides is 1. The molecule has 1 saturated carbocycles. The number of hydrogen-bond donors (Lipinski definition) is 1. The van der Waals surface area contributed by atoms with Gasteiger partial charge in [0.25, 0.3) is 0 Å². The van der Waals surface area contributed by atoms with E-state index in [1.165, 1.54) is 0 Å². The third-order valence-corrected chi connectivity index (χ3v) is 3.12. The van der Waals surface area contributed by atoms with Crippen LogP contribution in [0.4, 0.5) is 0 Å². The van der Waals surface area contributed by atoms with E-state index in [1.807, 2.05) is 0 Å². The Morgan fingerprint density at radius 3 is 2.89 bits per heavy atom. The number of aliphatic hydroxyl groups excluding tert-OH is 1. The van der Waals surface area contributed by atoms with Crippen LogP contribution in [0.15, 0.2) is 12.2 Å². The topological polar surface area (TPSA) is 20.2 Å². The van der Waals surface area contributed by atoms with Crippen LogP contribution in [0.2, 0.25) is 0 Å². The molecule has 0 aromatic heterocycles. The second-order valence-electron chi connectivity index (χ2n) is 2.88. The first kappa shape index (κ1) is 5.75. The van der Waals surface area contributed by atoms with Crippen molar-refractivity contribution in [2.75, 3.05) is 6.61 Å². The quantitative estimate of drug-likeness (QED) is 0.433. The van der Waals surface area contributed by atoms with Crippen molar-refractivity contribution < 1.29 is 5.11 Å². The molecule has 0 heterocycles. The van der Waals surface area contributed by atoms with Gasteiger partial charge in [-0.25, -0.2) is 0 Å². The van der Waals surface area contributed by atoms with Crippen LogP contribution in [0.25, 0.3) is 0 Å². The average Bonchev–Trinajstić information content (AvgIpc) is 2.39. The molecule has 2 rings (SSSR count). The number of allylic oxidation sites excluding steroid dienone is 2. The Morgan fingerprint density at radius 1 is 1.78 bits per heavy atom. The Labute approximate surface area is 59.3 Å². The van der Waals surface area contributed by atoms with E-state index in [1.54, 1.807) is 0 Å². The van der Waals surface area contributed by atoms with E-state index < -0.39 is 0 Å². The fraction of sp³-hybridized carbons (Fsp3) is 0.714. The van der Waals surface area contributed by atoms with E-state index >= 15 is 0 Å². The van der Waals surface area contributed by atoms with Crippen LogP contribution in [0.1, 0.15) is 6.42 Å². The second kappa shape index (κ2) is 1.53. The van der Waals surface area contributed by atoms with E-state index in [0.29, 0.717) is 11.8 Å². The number of hydrogen-bond acceptors (Lipinski definition) is 1. The summed E-state index contributed by atoms with van der Waals surface area (Å²) in [7, 11) is 0. The Hall–Kier alpha value is -0.0100. The van der Waals surface area contributed by atoms with Crippen molar-refractivity contribution in [3.63, 3.8) is 0 Å². The number of aliphatic hydroxyl groups is 1. The Kier molecular flexibility index (Phi) is 0.976. The third-order valence-electron chi connectivity index (χ3n) is 2.47. The summed E-state index contributed by atoms with van der Waals surface area (Å²) in [4.78, 5) is -0.255. The summed E-state index contributed by atoms with van der Waals surface area (Å²) >= 11 is 6.00. The Bertz CT molecular complexity index is 166. The lowest BCUT2D eigenvalue weighted by atomic mass is 10.2. The predicted molar refractivity (Wildman–Crippen MR) is 36.4 cm³/mol. The average molecular weight is 145 g/mol.